The second-order valence-electron chi connectivity index (χ2n) is 6.92. The maximum atomic E-state index is 12.3. The van der Waals surface area contributed by atoms with Crippen molar-refractivity contribution in [1.82, 2.24) is 5.32 Å². The minimum atomic E-state index is -0.821. The van der Waals surface area contributed by atoms with Gasteiger partial charge >= 0.3 is 5.97 Å². The monoisotopic (exact) mass is 291 g/mol. The molecule has 0 aliphatic heterocycles. The number of carboxylic acids is 1. The summed E-state index contributed by atoms with van der Waals surface area (Å²) in [4.78, 5) is 23.7. The van der Waals surface area contributed by atoms with Gasteiger partial charge in [-0.05, 0) is 37.0 Å². The Balaban J connectivity index is 1.46. The van der Waals surface area contributed by atoms with Crippen LogP contribution in [0.2, 0.25) is 0 Å². The van der Waals surface area contributed by atoms with Crippen molar-refractivity contribution in [2.45, 2.75) is 44.9 Å². The molecule has 0 heterocycles. The molecule has 2 bridgehead atoms. The molecule has 2 fully saturated rings. The molecule has 4 nitrogen and oxygen atoms in total. The summed E-state index contributed by atoms with van der Waals surface area (Å²) in [5.41, 5.74) is 0. The number of nitrogens with one attached hydrogen (secondary N) is 1. The first-order valence-corrected chi connectivity index (χ1v) is 8.35. The summed E-state index contributed by atoms with van der Waals surface area (Å²) < 4.78 is 0. The maximum absolute atomic E-state index is 12.3. The molecule has 3 aliphatic carbocycles. The van der Waals surface area contributed by atoms with Crippen molar-refractivity contribution < 1.29 is 14.7 Å². The first-order chi connectivity index (χ1) is 10.2. The van der Waals surface area contributed by atoms with Crippen LogP contribution in [0, 0.1) is 29.6 Å². The van der Waals surface area contributed by atoms with E-state index in [-0.39, 0.29) is 23.7 Å². The van der Waals surface area contributed by atoms with Crippen molar-refractivity contribution >= 4 is 11.9 Å². The van der Waals surface area contributed by atoms with Crippen LogP contribution in [0.4, 0.5) is 0 Å². The third kappa shape index (κ3) is 2.99. The summed E-state index contributed by atoms with van der Waals surface area (Å²) in [5, 5.41) is 12.3. The summed E-state index contributed by atoms with van der Waals surface area (Å²) in [7, 11) is 0. The molecule has 0 aromatic rings. The Morgan fingerprint density at radius 2 is 1.76 bits per heavy atom. The minimum Gasteiger partial charge on any atom is -0.481 e. The van der Waals surface area contributed by atoms with E-state index in [1.165, 1.54) is 32.1 Å². The lowest BCUT2D eigenvalue weighted by Gasteiger charge is -2.24. The molecular formula is C17H25NO3. The van der Waals surface area contributed by atoms with Crippen molar-refractivity contribution in [3.05, 3.63) is 12.2 Å². The van der Waals surface area contributed by atoms with E-state index in [4.69, 9.17) is 0 Å². The number of carbonyl (C=O) groups excluding carboxylic acids is 1. The second kappa shape index (κ2) is 6.20. The normalized spacial score (nSPS) is 34.5. The fourth-order valence-electron chi connectivity index (χ4n) is 4.54. The van der Waals surface area contributed by atoms with Gasteiger partial charge in [-0.3, -0.25) is 9.59 Å². The van der Waals surface area contributed by atoms with Crippen LogP contribution in [-0.4, -0.2) is 23.5 Å². The molecule has 2 saturated carbocycles. The molecule has 2 unspecified atom stereocenters. The number of aliphatic carboxylic acids is 1. The molecule has 4 atom stereocenters. The van der Waals surface area contributed by atoms with Gasteiger partial charge in [0, 0.05) is 6.54 Å². The number of fused-ring (bicyclic) bond motifs is 2. The summed E-state index contributed by atoms with van der Waals surface area (Å²) >= 11 is 0. The highest BCUT2D eigenvalue weighted by molar-refractivity contribution is 5.86. The molecule has 2 N–H and O–H groups in total. The molecule has 116 valence electrons. The molecule has 0 spiro atoms. The lowest BCUT2D eigenvalue weighted by Crippen LogP contribution is -2.40. The molecular weight excluding hydrogens is 266 g/mol. The number of carbonyl (C=O) groups is 2. The standard InChI is InChI=1S/C17H25NO3/c19-16(18-9-3-6-11-4-1-2-5-11)14-12-7-8-13(10-12)15(14)17(20)21/h7-8,11-15H,1-6,9-10H2,(H,18,19)(H,20,21)/t12?,13?,14-,15+/m0/s1. The molecule has 0 radical (unpaired) electrons. The number of allylic oxidation sites excluding steroid dienone is 2. The van der Waals surface area contributed by atoms with E-state index in [1.807, 2.05) is 12.2 Å². The van der Waals surface area contributed by atoms with Crippen LogP contribution in [-0.2, 0) is 9.59 Å². The van der Waals surface area contributed by atoms with E-state index in [9.17, 15) is 14.7 Å². The van der Waals surface area contributed by atoms with Gasteiger partial charge in [-0.1, -0.05) is 37.8 Å². The lowest BCUT2D eigenvalue weighted by molar-refractivity contribution is -0.147. The smallest absolute Gasteiger partial charge is 0.307 e. The van der Waals surface area contributed by atoms with Gasteiger partial charge < -0.3 is 10.4 Å². The SMILES string of the molecule is O=C(O)[C@@H]1C2C=CC(C2)[C@@H]1C(=O)NCCCC1CCCC1. The average Bonchev–Trinajstić information content (AvgIpc) is 3.18. The molecule has 3 rings (SSSR count). The minimum absolute atomic E-state index is 0.0503. The fourth-order valence-corrected chi connectivity index (χ4v) is 4.54. The van der Waals surface area contributed by atoms with Crippen molar-refractivity contribution in [3.8, 4) is 0 Å². The summed E-state index contributed by atoms with van der Waals surface area (Å²) in [6, 6.07) is 0. The van der Waals surface area contributed by atoms with Gasteiger partial charge in [-0.25, -0.2) is 0 Å². The number of carboxylic acid groups (broad SMARTS) is 1. The highest BCUT2D eigenvalue weighted by Gasteiger charge is 2.51. The number of amides is 1. The van der Waals surface area contributed by atoms with E-state index >= 15 is 0 Å². The van der Waals surface area contributed by atoms with Gasteiger partial charge in [0.25, 0.3) is 0 Å². The van der Waals surface area contributed by atoms with Gasteiger partial charge in [0.05, 0.1) is 11.8 Å². The number of hydrogen-bond donors (Lipinski definition) is 2. The summed E-state index contributed by atoms with van der Waals surface area (Å²) in [6.07, 6.45) is 12.4. The topological polar surface area (TPSA) is 66.4 Å². The largest absolute Gasteiger partial charge is 0.481 e. The molecule has 1 amide bonds. The van der Waals surface area contributed by atoms with Crippen molar-refractivity contribution in [2.24, 2.45) is 29.6 Å². The quantitative estimate of drug-likeness (QED) is 0.584. The highest BCUT2D eigenvalue weighted by Crippen LogP contribution is 2.48. The van der Waals surface area contributed by atoms with Gasteiger partial charge in [0.15, 0.2) is 0 Å². The van der Waals surface area contributed by atoms with Crippen molar-refractivity contribution in [3.63, 3.8) is 0 Å². The Labute approximate surface area is 126 Å². The number of hydrogen-bond acceptors (Lipinski definition) is 2. The van der Waals surface area contributed by atoms with Gasteiger partial charge in [0.2, 0.25) is 5.91 Å². The first-order valence-electron chi connectivity index (χ1n) is 8.35. The predicted molar refractivity (Wildman–Crippen MR) is 79.6 cm³/mol. The Morgan fingerprint density at radius 1 is 1.10 bits per heavy atom. The van der Waals surface area contributed by atoms with Crippen molar-refractivity contribution in [1.29, 1.82) is 0 Å². The van der Waals surface area contributed by atoms with E-state index < -0.39 is 11.9 Å². The molecule has 21 heavy (non-hydrogen) atoms. The van der Waals surface area contributed by atoms with Crippen LogP contribution < -0.4 is 5.32 Å². The molecule has 0 aromatic heterocycles. The van der Waals surface area contributed by atoms with E-state index in [0.29, 0.717) is 6.54 Å². The maximum Gasteiger partial charge on any atom is 0.307 e. The fraction of sp³-hybridized carbons (Fsp3) is 0.765. The first kappa shape index (κ1) is 14.6. The van der Waals surface area contributed by atoms with Crippen LogP contribution in [0.3, 0.4) is 0 Å². The average molecular weight is 291 g/mol. The Kier molecular flexibility index (Phi) is 4.32. The van der Waals surface area contributed by atoms with E-state index in [0.717, 1.165) is 18.8 Å². The van der Waals surface area contributed by atoms with E-state index in [2.05, 4.69) is 5.32 Å². The molecule has 4 heteroatoms. The van der Waals surface area contributed by atoms with Crippen LogP contribution in [0.1, 0.15) is 44.9 Å². The van der Waals surface area contributed by atoms with E-state index in [1.54, 1.807) is 0 Å². The number of rotatable bonds is 6. The predicted octanol–water partition coefficient (Wildman–Crippen LogP) is 2.60. The van der Waals surface area contributed by atoms with Crippen LogP contribution in [0.5, 0.6) is 0 Å². The van der Waals surface area contributed by atoms with Crippen LogP contribution in [0.25, 0.3) is 0 Å². The third-order valence-corrected chi connectivity index (χ3v) is 5.61. The Hall–Kier alpha value is -1.32. The summed E-state index contributed by atoms with van der Waals surface area (Å²) in [6.45, 7) is 0.694. The zero-order valence-electron chi connectivity index (χ0n) is 12.5. The van der Waals surface area contributed by atoms with Gasteiger partial charge in [-0.15, -0.1) is 0 Å². The lowest BCUT2D eigenvalue weighted by atomic mass is 9.82. The van der Waals surface area contributed by atoms with Crippen molar-refractivity contribution in [2.75, 3.05) is 6.54 Å². The highest BCUT2D eigenvalue weighted by atomic mass is 16.4. The third-order valence-electron chi connectivity index (χ3n) is 5.61. The zero-order chi connectivity index (χ0) is 14.8. The van der Waals surface area contributed by atoms with Gasteiger partial charge in [0.1, 0.15) is 0 Å². The molecule has 3 aliphatic rings. The van der Waals surface area contributed by atoms with Gasteiger partial charge in [-0.2, -0.15) is 0 Å². The zero-order valence-corrected chi connectivity index (χ0v) is 12.5. The van der Waals surface area contributed by atoms with Crippen LogP contribution >= 0.6 is 0 Å². The Bertz CT molecular complexity index is 439. The van der Waals surface area contributed by atoms with Crippen LogP contribution in [0.15, 0.2) is 12.2 Å². The molecule has 0 aromatic carbocycles. The Morgan fingerprint density at radius 3 is 2.43 bits per heavy atom. The molecule has 0 saturated heterocycles. The summed E-state index contributed by atoms with van der Waals surface area (Å²) in [5.74, 6) is -0.714. The second-order valence-corrected chi connectivity index (χ2v) is 6.92.